The number of aliphatic hydroxyl groups excluding tert-OH is 2. The normalized spacial score (nSPS) is 14.7. The molecular formula is C22H23N3O4. The van der Waals surface area contributed by atoms with Crippen molar-refractivity contribution in [2.45, 2.75) is 24.5 Å². The molecule has 0 aliphatic heterocycles. The summed E-state index contributed by atoms with van der Waals surface area (Å²) in [5, 5.41) is 22.7. The molecule has 1 aliphatic rings. The van der Waals surface area contributed by atoms with Gasteiger partial charge in [0.1, 0.15) is 12.7 Å². The Hall–Kier alpha value is -3.16. The second kappa shape index (κ2) is 8.46. The van der Waals surface area contributed by atoms with E-state index in [4.69, 9.17) is 4.74 Å². The molecular weight excluding hydrogens is 370 g/mol. The fourth-order valence-electron chi connectivity index (χ4n) is 3.77. The van der Waals surface area contributed by atoms with Gasteiger partial charge in [0.25, 0.3) is 0 Å². The highest BCUT2D eigenvalue weighted by molar-refractivity contribution is 5.79. The van der Waals surface area contributed by atoms with Crippen LogP contribution in [0.25, 0.3) is 11.1 Å². The number of imidazole rings is 1. The standard InChI is InChI=1S/C22H23N3O4/c26-20(21(27)19-11-23-13-25-19)9-10-24-22(28)29-12-18-16-7-3-1-5-14(16)15-6-2-4-8-17(15)18/h1-8,11,13,18,20-21,26-27H,9-10,12H2,(H,23,25)(H,24,28). The number of ether oxygens (including phenoxy) is 1. The summed E-state index contributed by atoms with van der Waals surface area (Å²) in [7, 11) is 0. The van der Waals surface area contributed by atoms with E-state index < -0.39 is 18.3 Å². The second-order valence-electron chi connectivity index (χ2n) is 7.06. The monoisotopic (exact) mass is 393 g/mol. The topological polar surface area (TPSA) is 107 Å². The van der Waals surface area contributed by atoms with E-state index in [2.05, 4.69) is 39.6 Å². The minimum absolute atomic E-state index is 0.000871. The molecule has 4 N–H and O–H groups in total. The largest absolute Gasteiger partial charge is 0.449 e. The third kappa shape index (κ3) is 4.01. The predicted molar refractivity (Wildman–Crippen MR) is 107 cm³/mol. The number of fused-ring (bicyclic) bond motifs is 3. The third-order valence-corrected chi connectivity index (χ3v) is 5.26. The van der Waals surface area contributed by atoms with E-state index in [1.165, 1.54) is 23.7 Å². The van der Waals surface area contributed by atoms with E-state index in [9.17, 15) is 15.0 Å². The molecule has 1 heterocycles. The Bertz CT molecular complexity index is 928. The van der Waals surface area contributed by atoms with Gasteiger partial charge in [-0.15, -0.1) is 0 Å². The predicted octanol–water partition coefficient (Wildman–Crippen LogP) is 2.73. The molecule has 0 fully saturated rings. The van der Waals surface area contributed by atoms with Gasteiger partial charge in [-0.25, -0.2) is 9.78 Å². The lowest BCUT2D eigenvalue weighted by molar-refractivity contribution is 0.0114. The zero-order valence-electron chi connectivity index (χ0n) is 15.8. The van der Waals surface area contributed by atoms with Gasteiger partial charge in [0.2, 0.25) is 0 Å². The molecule has 0 saturated carbocycles. The van der Waals surface area contributed by atoms with Crippen molar-refractivity contribution in [2.75, 3.05) is 13.2 Å². The molecule has 0 spiro atoms. The SMILES string of the molecule is O=C(NCCC(O)C(O)c1cnc[nH]1)OCC1c2ccccc2-c2ccccc21. The first kappa shape index (κ1) is 19.2. The van der Waals surface area contributed by atoms with Crippen LogP contribution < -0.4 is 5.32 Å². The number of hydrogen-bond acceptors (Lipinski definition) is 5. The summed E-state index contributed by atoms with van der Waals surface area (Å²) in [6.07, 6.45) is 0.415. The van der Waals surface area contributed by atoms with Crippen LogP contribution in [0.3, 0.4) is 0 Å². The van der Waals surface area contributed by atoms with Crippen molar-refractivity contribution >= 4 is 6.09 Å². The highest BCUT2D eigenvalue weighted by Gasteiger charge is 2.29. The van der Waals surface area contributed by atoms with E-state index in [0.29, 0.717) is 5.69 Å². The van der Waals surface area contributed by atoms with Crippen molar-refractivity contribution in [1.29, 1.82) is 0 Å². The molecule has 7 nitrogen and oxygen atoms in total. The van der Waals surface area contributed by atoms with Gasteiger partial charge in [0.15, 0.2) is 0 Å². The van der Waals surface area contributed by atoms with Gasteiger partial charge in [-0.2, -0.15) is 0 Å². The Morgan fingerprint density at radius 1 is 1.10 bits per heavy atom. The number of carbonyl (C=O) groups is 1. The number of nitrogens with zero attached hydrogens (tertiary/aromatic N) is 1. The number of aliphatic hydroxyl groups is 2. The summed E-state index contributed by atoms with van der Waals surface area (Å²) < 4.78 is 5.44. The van der Waals surface area contributed by atoms with Crippen LogP contribution in [-0.2, 0) is 4.74 Å². The molecule has 150 valence electrons. The fraction of sp³-hybridized carbons (Fsp3) is 0.273. The molecule has 0 bridgehead atoms. The number of aromatic nitrogens is 2. The maximum absolute atomic E-state index is 12.1. The number of alkyl carbamates (subject to hydrolysis) is 1. The van der Waals surface area contributed by atoms with Crippen molar-refractivity contribution in [2.24, 2.45) is 0 Å². The van der Waals surface area contributed by atoms with E-state index in [0.717, 1.165) is 11.1 Å². The highest BCUT2D eigenvalue weighted by atomic mass is 16.5. The number of hydrogen-bond donors (Lipinski definition) is 4. The molecule has 0 radical (unpaired) electrons. The van der Waals surface area contributed by atoms with E-state index in [1.807, 2.05) is 24.3 Å². The lowest BCUT2D eigenvalue weighted by atomic mass is 9.98. The van der Waals surface area contributed by atoms with Gasteiger partial charge in [-0.1, -0.05) is 48.5 Å². The molecule has 2 atom stereocenters. The first-order valence-electron chi connectivity index (χ1n) is 9.58. The van der Waals surface area contributed by atoms with Crippen molar-refractivity contribution in [1.82, 2.24) is 15.3 Å². The van der Waals surface area contributed by atoms with Crippen LogP contribution in [0.2, 0.25) is 0 Å². The molecule has 1 aromatic heterocycles. The third-order valence-electron chi connectivity index (χ3n) is 5.26. The number of nitrogens with one attached hydrogen (secondary N) is 2. The number of amides is 1. The molecule has 4 rings (SSSR count). The van der Waals surface area contributed by atoms with Crippen LogP contribution in [0.1, 0.15) is 35.3 Å². The van der Waals surface area contributed by atoms with Gasteiger partial charge in [0, 0.05) is 12.5 Å². The molecule has 2 aromatic carbocycles. The van der Waals surface area contributed by atoms with Crippen LogP contribution in [0.15, 0.2) is 61.1 Å². The smallest absolute Gasteiger partial charge is 0.407 e. The fourth-order valence-corrected chi connectivity index (χ4v) is 3.77. The highest BCUT2D eigenvalue weighted by Crippen LogP contribution is 2.44. The number of carbonyl (C=O) groups excluding carboxylic acids is 1. The molecule has 29 heavy (non-hydrogen) atoms. The quantitative estimate of drug-likeness (QED) is 0.494. The molecule has 3 aromatic rings. The van der Waals surface area contributed by atoms with Crippen molar-refractivity contribution in [3.63, 3.8) is 0 Å². The first-order valence-corrected chi connectivity index (χ1v) is 9.58. The van der Waals surface area contributed by atoms with Gasteiger partial charge in [-0.05, 0) is 28.7 Å². The lowest BCUT2D eigenvalue weighted by Crippen LogP contribution is -2.30. The van der Waals surface area contributed by atoms with Gasteiger partial charge in [-0.3, -0.25) is 0 Å². The molecule has 2 unspecified atom stereocenters. The van der Waals surface area contributed by atoms with Crippen molar-refractivity contribution in [3.8, 4) is 11.1 Å². The second-order valence-corrected chi connectivity index (χ2v) is 7.06. The van der Waals surface area contributed by atoms with Gasteiger partial charge < -0.3 is 25.3 Å². The van der Waals surface area contributed by atoms with E-state index in [-0.39, 0.29) is 25.5 Å². The van der Waals surface area contributed by atoms with E-state index in [1.54, 1.807) is 0 Å². The average Bonchev–Trinajstić information content (AvgIpc) is 3.38. The number of aromatic amines is 1. The lowest BCUT2D eigenvalue weighted by Gasteiger charge is -2.17. The number of rotatable bonds is 7. The molecule has 1 amide bonds. The summed E-state index contributed by atoms with van der Waals surface area (Å²) in [5.41, 5.74) is 5.08. The maximum Gasteiger partial charge on any atom is 0.407 e. The summed E-state index contributed by atoms with van der Waals surface area (Å²) in [6, 6.07) is 16.3. The zero-order chi connectivity index (χ0) is 20.2. The Balaban J connectivity index is 1.29. The van der Waals surface area contributed by atoms with Crippen LogP contribution in [-0.4, -0.2) is 45.5 Å². The Morgan fingerprint density at radius 3 is 2.38 bits per heavy atom. The van der Waals surface area contributed by atoms with Crippen molar-refractivity contribution < 1.29 is 19.7 Å². The Morgan fingerprint density at radius 2 is 1.76 bits per heavy atom. The minimum Gasteiger partial charge on any atom is -0.449 e. The van der Waals surface area contributed by atoms with E-state index >= 15 is 0 Å². The first-order chi connectivity index (χ1) is 14.1. The van der Waals surface area contributed by atoms with Crippen LogP contribution in [0, 0.1) is 0 Å². The van der Waals surface area contributed by atoms with Crippen LogP contribution >= 0.6 is 0 Å². The molecule has 7 heteroatoms. The number of H-pyrrole nitrogens is 1. The Kier molecular flexibility index (Phi) is 5.59. The maximum atomic E-state index is 12.1. The van der Waals surface area contributed by atoms with Crippen LogP contribution in [0.5, 0.6) is 0 Å². The summed E-state index contributed by atoms with van der Waals surface area (Å²) in [6.45, 7) is 0.419. The minimum atomic E-state index is -1.08. The van der Waals surface area contributed by atoms with Gasteiger partial charge in [0.05, 0.1) is 24.3 Å². The van der Waals surface area contributed by atoms with Crippen LogP contribution in [0.4, 0.5) is 4.79 Å². The van der Waals surface area contributed by atoms with Gasteiger partial charge >= 0.3 is 6.09 Å². The Labute approximate surface area is 168 Å². The number of benzene rings is 2. The molecule has 1 aliphatic carbocycles. The summed E-state index contributed by atoms with van der Waals surface area (Å²) in [4.78, 5) is 18.7. The molecule has 0 saturated heterocycles. The summed E-state index contributed by atoms with van der Waals surface area (Å²) in [5.74, 6) is 0.000871. The average molecular weight is 393 g/mol. The zero-order valence-corrected chi connectivity index (χ0v) is 15.8. The van der Waals surface area contributed by atoms with Crippen molar-refractivity contribution in [3.05, 3.63) is 77.9 Å². The summed E-state index contributed by atoms with van der Waals surface area (Å²) >= 11 is 0.